The highest BCUT2D eigenvalue weighted by Crippen LogP contribution is 2.32. The van der Waals surface area contributed by atoms with Crippen LogP contribution in [0.3, 0.4) is 0 Å². The van der Waals surface area contributed by atoms with Crippen molar-refractivity contribution < 1.29 is 14.6 Å². The predicted molar refractivity (Wildman–Crippen MR) is 62.9 cm³/mol. The van der Waals surface area contributed by atoms with Gasteiger partial charge in [-0.2, -0.15) is 0 Å². The average molecular weight is 225 g/mol. The van der Waals surface area contributed by atoms with Gasteiger partial charge >= 0.3 is 0 Å². The van der Waals surface area contributed by atoms with Gasteiger partial charge in [0.25, 0.3) is 0 Å². The van der Waals surface area contributed by atoms with Crippen LogP contribution in [0.2, 0.25) is 0 Å². The van der Waals surface area contributed by atoms with Crippen molar-refractivity contribution in [2.75, 3.05) is 20.8 Å². The second-order valence-electron chi connectivity index (χ2n) is 3.51. The highest BCUT2D eigenvalue weighted by atomic mass is 16.5. The summed E-state index contributed by atoms with van der Waals surface area (Å²) in [5, 5.41) is 9.78. The van der Waals surface area contributed by atoms with E-state index in [1.165, 1.54) is 0 Å². The predicted octanol–water partition coefficient (Wildman–Crippen LogP) is 1.26. The molecule has 0 fully saturated rings. The van der Waals surface area contributed by atoms with Crippen molar-refractivity contribution in [2.45, 2.75) is 19.4 Å². The van der Waals surface area contributed by atoms with Gasteiger partial charge in [0.2, 0.25) is 0 Å². The Bertz CT molecular complexity index is 352. The van der Waals surface area contributed by atoms with E-state index in [1.54, 1.807) is 20.3 Å². The van der Waals surface area contributed by atoms with Crippen LogP contribution in [0.25, 0.3) is 0 Å². The molecule has 3 N–H and O–H groups in total. The molecule has 0 aliphatic rings. The minimum Gasteiger partial charge on any atom is -0.496 e. The van der Waals surface area contributed by atoms with E-state index in [2.05, 4.69) is 0 Å². The monoisotopic (exact) mass is 225 g/mol. The first kappa shape index (κ1) is 12.8. The number of ether oxygens (including phenoxy) is 2. The van der Waals surface area contributed by atoms with Crippen molar-refractivity contribution in [1.82, 2.24) is 0 Å². The molecule has 0 radical (unpaired) electrons. The number of nitrogens with two attached hydrogens (primary N) is 1. The maximum absolute atomic E-state index is 9.78. The summed E-state index contributed by atoms with van der Waals surface area (Å²) in [4.78, 5) is 0. The molecule has 1 rings (SSSR count). The lowest BCUT2D eigenvalue weighted by molar-refractivity contribution is 0.182. The normalized spacial score (nSPS) is 12.3. The standard InChI is InChI=1S/C12H19NO3/c1-4-8-5-9(10(14)7-13)12(16-3)6-11(8)15-2/h5-6,10,14H,4,7,13H2,1-3H3. The largest absolute Gasteiger partial charge is 0.496 e. The number of aliphatic hydroxyl groups is 1. The molecular weight excluding hydrogens is 206 g/mol. The number of aliphatic hydroxyl groups excluding tert-OH is 1. The van der Waals surface area contributed by atoms with Gasteiger partial charge in [0.1, 0.15) is 11.5 Å². The van der Waals surface area contributed by atoms with Gasteiger partial charge in [-0.15, -0.1) is 0 Å². The van der Waals surface area contributed by atoms with Gasteiger partial charge < -0.3 is 20.3 Å². The number of benzene rings is 1. The van der Waals surface area contributed by atoms with Crippen molar-refractivity contribution >= 4 is 0 Å². The van der Waals surface area contributed by atoms with Gasteiger partial charge in [-0.25, -0.2) is 0 Å². The molecule has 1 unspecified atom stereocenters. The topological polar surface area (TPSA) is 64.7 Å². The zero-order valence-electron chi connectivity index (χ0n) is 9.99. The molecule has 0 bridgehead atoms. The van der Waals surface area contributed by atoms with E-state index in [0.29, 0.717) is 11.3 Å². The van der Waals surface area contributed by atoms with E-state index in [-0.39, 0.29) is 6.54 Å². The van der Waals surface area contributed by atoms with Crippen LogP contribution in [0.15, 0.2) is 12.1 Å². The van der Waals surface area contributed by atoms with E-state index in [9.17, 15) is 5.11 Å². The van der Waals surface area contributed by atoms with Crippen LogP contribution in [0.4, 0.5) is 0 Å². The fraction of sp³-hybridized carbons (Fsp3) is 0.500. The van der Waals surface area contributed by atoms with Gasteiger partial charge in [-0.1, -0.05) is 6.92 Å². The summed E-state index contributed by atoms with van der Waals surface area (Å²) in [6, 6.07) is 3.67. The Hall–Kier alpha value is -1.26. The maximum Gasteiger partial charge on any atom is 0.128 e. The maximum atomic E-state index is 9.78. The Kier molecular flexibility index (Phi) is 4.58. The molecular formula is C12H19NO3. The zero-order valence-corrected chi connectivity index (χ0v) is 9.99. The van der Waals surface area contributed by atoms with E-state index in [1.807, 2.05) is 13.0 Å². The van der Waals surface area contributed by atoms with Crippen LogP contribution < -0.4 is 15.2 Å². The Morgan fingerprint density at radius 3 is 2.31 bits per heavy atom. The van der Waals surface area contributed by atoms with Crippen molar-refractivity contribution in [2.24, 2.45) is 5.73 Å². The first-order chi connectivity index (χ1) is 7.67. The molecule has 4 nitrogen and oxygen atoms in total. The molecule has 90 valence electrons. The fourth-order valence-corrected chi connectivity index (χ4v) is 1.66. The molecule has 1 aromatic carbocycles. The van der Waals surface area contributed by atoms with Crippen LogP contribution in [0.5, 0.6) is 11.5 Å². The molecule has 4 heteroatoms. The summed E-state index contributed by atoms with van der Waals surface area (Å²) >= 11 is 0. The summed E-state index contributed by atoms with van der Waals surface area (Å²) in [5.74, 6) is 1.37. The van der Waals surface area contributed by atoms with E-state index >= 15 is 0 Å². The van der Waals surface area contributed by atoms with Gasteiger partial charge in [-0.05, 0) is 18.1 Å². The molecule has 0 aliphatic heterocycles. The number of hydrogen-bond donors (Lipinski definition) is 2. The van der Waals surface area contributed by atoms with Crippen LogP contribution >= 0.6 is 0 Å². The number of aryl methyl sites for hydroxylation is 1. The summed E-state index contributed by atoms with van der Waals surface area (Å²) in [6.45, 7) is 2.20. The highest BCUT2D eigenvalue weighted by Gasteiger charge is 2.15. The number of rotatable bonds is 5. The zero-order chi connectivity index (χ0) is 12.1. The first-order valence-corrected chi connectivity index (χ1v) is 5.30. The van der Waals surface area contributed by atoms with Crippen LogP contribution in [-0.4, -0.2) is 25.9 Å². The minimum absolute atomic E-state index is 0.172. The van der Waals surface area contributed by atoms with Gasteiger partial charge in [0, 0.05) is 18.2 Å². The molecule has 0 heterocycles. The van der Waals surface area contributed by atoms with Crippen molar-refractivity contribution in [3.05, 3.63) is 23.3 Å². The Balaban J connectivity index is 3.25. The molecule has 0 amide bonds. The fourth-order valence-electron chi connectivity index (χ4n) is 1.66. The van der Waals surface area contributed by atoms with Crippen LogP contribution in [0, 0.1) is 0 Å². The lowest BCUT2D eigenvalue weighted by Crippen LogP contribution is -2.13. The average Bonchev–Trinajstić information content (AvgIpc) is 2.35. The Morgan fingerprint density at radius 1 is 1.25 bits per heavy atom. The van der Waals surface area contributed by atoms with E-state index in [4.69, 9.17) is 15.2 Å². The summed E-state index contributed by atoms with van der Waals surface area (Å²) in [5.41, 5.74) is 7.20. The molecule has 1 aromatic rings. The second kappa shape index (κ2) is 5.72. The molecule has 0 aliphatic carbocycles. The third-order valence-electron chi connectivity index (χ3n) is 2.60. The Labute approximate surface area is 96.0 Å². The molecule has 0 saturated heterocycles. The SMILES string of the molecule is CCc1cc(C(O)CN)c(OC)cc1OC. The van der Waals surface area contributed by atoms with Crippen molar-refractivity contribution in [1.29, 1.82) is 0 Å². The van der Waals surface area contributed by atoms with Crippen LogP contribution in [-0.2, 0) is 6.42 Å². The first-order valence-electron chi connectivity index (χ1n) is 5.30. The van der Waals surface area contributed by atoms with Gasteiger partial charge in [-0.3, -0.25) is 0 Å². The molecule has 0 spiro atoms. The van der Waals surface area contributed by atoms with E-state index < -0.39 is 6.10 Å². The van der Waals surface area contributed by atoms with Crippen molar-refractivity contribution in [3.8, 4) is 11.5 Å². The third-order valence-corrected chi connectivity index (χ3v) is 2.60. The summed E-state index contributed by atoms with van der Waals surface area (Å²) in [6.07, 6.45) is 0.128. The number of hydrogen-bond acceptors (Lipinski definition) is 4. The molecule has 0 aromatic heterocycles. The minimum atomic E-state index is -0.703. The van der Waals surface area contributed by atoms with Crippen molar-refractivity contribution in [3.63, 3.8) is 0 Å². The summed E-state index contributed by atoms with van der Waals surface area (Å²) in [7, 11) is 3.18. The third kappa shape index (κ3) is 2.46. The highest BCUT2D eigenvalue weighted by molar-refractivity contribution is 5.47. The molecule has 1 atom stereocenters. The summed E-state index contributed by atoms with van der Waals surface area (Å²) < 4.78 is 10.5. The molecule has 0 saturated carbocycles. The smallest absolute Gasteiger partial charge is 0.128 e. The van der Waals surface area contributed by atoms with Gasteiger partial charge in [0.05, 0.1) is 20.3 Å². The number of methoxy groups -OCH3 is 2. The van der Waals surface area contributed by atoms with Gasteiger partial charge in [0.15, 0.2) is 0 Å². The Morgan fingerprint density at radius 2 is 1.88 bits per heavy atom. The lowest BCUT2D eigenvalue weighted by atomic mass is 10.0. The lowest BCUT2D eigenvalue weighted by Gasteiger charge is -2.17. The second-order valence-corrected chi connectivity index (χ2v) is 3.51. The quantitative estimate of drug-likeness (QED) is 0.791. The molecule has 16 heavy (non-hydrogen) atoms. The van der Waals surface area contributed by atoms with Crippen LogP contribution in [0.1, 0.15) is 24.2 Å². The van der Waals surface area contributed by atoms with E-state index in [0.717, 1.165) is 17.7 Å².